The predicted molar refractivity (Wildman–Crippen MR) is 50.0 cm³/mol. The normalized spacial score (nSPS) is 9.60. The molecule has 0 aromatic carbocycles. The van der Waals surface area contributed by atoms with Gasteiger partial charge in [-0.15, -0.1) is 5.10 Å². The number of ether oxygens (including phenoxy) is 1. The fourth-order valence-electron chi connectivity index (χ4n) is 1.04. The van der Waals surface area contributed by atoms with Crippen LogP contribution in [-0.4, -0.2) is 20.0 Å². The zero-order valence-electron chi connectivity index (χ0n) is 7.95. The molecule has 6 nitrogen and oxygen atoms in total. The van der Waals surface area contributed by atoms with Gasteiger partial charge in [-0.2, -0.15) is 15.5 Å². The molecule has 0 aliphatic rings. The van der Waals surface area contributed by atoms with Crippen molar-refractivity contribution in [2.45, 2.75) is 0 Å². The molecule has 6 heteroatoms. The number of rotatable bonds is 2. The Balaban J connectivity index is 2.28. The van der Waals surface area contributed by atoms with Crippen LogP contribution < -0.4 is 4.74 Å². The molecule has 0 aliphatic heterocycles. The van der Waals surface area contributed by atoms with Crippen LogP contribution in [0.5, 0.6) is 11.6 Å². The summed E-state index contributed by atoms with van der Waals surface area (Å²) in [7, 11) is 1.77. The van der Waals surface area contributed by atoms with Gasteiger partial charge in [-0.3, -0.25) is 4.68 Å². The monoisotopic (exact) mass is 201 g/mol. The van der Waals surface area contributed by atoms with Gasteiger partial charge in [-0.05, 0) is 6.07 Å². The Hall–Kier alpha value is -2.42. The van der Waals surface area contributed by atoms with Crippen LogP contribution in [0.25, 0.3) is 0 Å². The second-order valence-electron chi connectivity index (χ2n) is 2.81. The van der Waals surface area contributed by atoms with Crippen molar-refractivity contribution in [2.75, 3.05) is 0 Å². The Morgan fingerprint density at radius 3 is 3.07 bits per heavy atom. The number of nitrogens with zero attached hydrogens (tertiary/aromatic N) is 5. The van der Waals surface area contributed by atoms with E-state index < -0.39 is 0 Å². The highest BCUT2D eigenvalue weighted by Gasteiger charge is 2.06. The third kappa shape index (κ3) is 1.91. The zero-order valence-corrected chi connectivity index (χ0v) is 7.95. The van der Waals surface area contributed by atoms with Gasteiger partial charge in [0.05, 0.1) is 18.6 Å². The molecular weight excluding hydrogens is 194 g/mol. The van der Waals surface area contributed by atoms with Crippen LogP contribution >= 0.6 is 0 Å². The summed E-state index contributed by atoms with van der Waals surface area (Å²) in [6, 6.07) is 3.51. The minimum absolute atomic E-state index is 0.188. The molecule has 0 atom stereocenters. The SMILES string of the molecule is Cn1cc(Oc2nnccc2C#N)cn1. The van der Waals surface area contributed by atoms with E-state index in [4.69, 9.17) is 10.00 Å². The Bertz CT molecular complexity index is 513. The summed E-state index contributed by atoms with van der Waals surface area (Å²) in [5.41, 5.74) is 0.342. The first-order valence-electron chi connectivity index (χ1n) is 4.18. The second-order valence-corrected chi connectivity index (χ2v) is 2.81. The molecule has 0 unspecified atom stereocenters. The van der Waals surface area contributed by atoms with Gasteiger partial charge in [0.1, 0.15) is 11.6 Å². The summed E-state index contributed by atoms with van der Waals surface area (Å²) >= 11 is 0. The van der Waals surface area contributed by atoms with Gasteiger partial charge in [-0.25, -0.2) is 0 Å². The molecule has 2 aromatic heterocycles. The molecule has 2 rings (SSSR count). The molecule has 74 valence electrons. The first-order chi connectivity index (χ1) is 7.29. The van der Waals surface area contributed by atoms with Crippen molar-refractivity contribution < 1.29 is 4.74 Å². The van der Waals surface area contributed by atoms with Gasteiger partial charge in [0, 0.05) is 7.05 Å². The maximum Gasteiger partial charge on any atom is 0.257 e. The minimum Gasteiger partial charge on any atom is -0.433 e. The van der Waals surface area contributed by atoms with Crippen LogP contribution in [0.1, 0.15) is 5.56 Å². The summed E-state index contributed by atoms with van der Waals surface area (Å²) in [5, 5.41) is 20.1. The molecule has 0 bridgehead atoms. The summed E-state index contributed by atoms with van der Waals surface area (Å²) in [6.07, 6.45) is 4.65. The Morgan fingerprint density at radius 1 is 1.53 bits per heavy atom. The third-order valence-corrected chi connectivity index (χ3v) is 1.70. The molecule has 2 aromatic rings. The van der Waals surface area contributed by atoms with Crippen LogP contribution in [0.2, 0.25) is 0 Å². The van der Waals surface area contributed by atoms with E-state index in [1.54, 1.807) is 24.0 Å². The van der Waals surface area contributed by atoms with Crippen molar-refractivity contribution in [1.82, 2.24) is 20.0 Å². The van der Waals surface area contributed by atoms with E-state index in [0.29, 0.717) is 11.3 Å². The highest BCUT2D eigenvalue weighted by molar-refractivity contribution is 5.37. The van der Waals surface area contributed by atoms with Gasteiger partial charge in [0.2, 0.25) is 0 Å². The van der Waals surface area contributed by atoms with Crippen molar-refractivity contribution >= 4 is 0 Å². The Kier molecular flexibility index (Phi) is 2.29. The van der Waals surface area contributed by atoms with Crippen LogP contribution in [0.4, 0.5) is 0 Å². The lowest BCUT2D eigenvalue weighted by Crippen LogP contribution is -1.92. The van der Waals surface area contributed by atoms with Crippen molar-refractivity contribution in [3.05, 3.63) is 30.2 Å². The zero-order chi connectivity index (χ0) is 10.7. The molecule has 0 amide bonds. The molecule has 0 saturated heterocycles. The van der Waals surface area contributed by atoms with E-state index >= 15 is 0 Å². The maximum atomic E-state index is 8.78. The van der Waals surface area contributed by atoms with Crippen molar-refractivity contribution in [3.63, 3.8) is 0 Å². The molecule has 0 saturated carbocycles. The number of hydrogen-bond acceptors (Lipinski definition) is 5. The Labute approximate surface area is 85.7 Å². The number of aryl methyl sites for hydroxylation is 1. The first kappa shape index (κ1) is 9.15. The molecule has 0 fully saturated rings. The lowest BCUT2D eigenvalue weighted by molar-refractivity contribution is 0.453. The van der Waals surface area contributed by atoms with Crippen LogP contribution in [0.3, 0.4) is 0 Å². The summed E-state index contributed by atoms with van der Waals surface area (Å²) in [4.78, 5) is 0. The largest absolute Gasteiger partial charge is 0.433 e. The van der Waals surface area contributed by atoms with Crippen molar-refractivity contribution in [2.24, 2.45) is 7.05 Å². The molecule has 0 aliphatic carbocycles. The van der Waals surface area contributed by atoms with Crippen LogP contribution in [-0.2, 0) is 7.05 Å². The highest BCUT2D eigenvalue weighted by atomic mass is 16.5. The van der Waals surface area contributed by atoms with E-state index in [0.717, 1.165) is 0 Å². The fraction of sp³-hybridized carbons (Fsp3) is 0.111. The molecule has 2 heterocycles. The van der Waals surface area contributed by atoms with Gasteiger partial charge < -0.3 is 4.74 Å². The van der Waals surface area contributed by atoms with E-state index in [9.17, 15) is 0 Å². The quantitative estimate of drug-likeness (QED) is 0.720. The lowest BCUT2D eigenvalue weighted by Gasteiger charge is -2.00. The fourth-order valence-corrected chi connectivity index (χ4v) is 1.04. The van der Waals surface area contributed by atoms with Crippen molar-refractivity contribution in [3.8, 4) is 17.7 Å². The second kappa shape index (κ2) is 3.75. The number of hydrogen-bond donors (Lipinski definition) is 0. The first-order valence-corrected chi connectivity index (χ1v) is 4.18. The molecule has 0 N–H and O–H groups in total. The summed E-state index contributed by atoms with van der Waals surface area (Å²) in [5.74, 6) is 0.711. The van der Waals surface area contributed by atoms with Gasteiger partial charge >= 0.3 is 0 Å². The average Bonchev–Trinajstić information content (AvgIpc) is 2.65. The van der Waals surface area contributed by atoms with Gasteiger partial charge in [0.15, 0.2) is 5.75 Å². The van der Waals surface area contributed by atoms with Gasteiger partial charge in [-0.1, -0.05) is 0 Å². The predicted octanol–water partition coefficient (Wildman–Crippen LogP) is 0.874. The number of nitriles is 1. The topological polar surface area (TPSA) is 76.6 Å². The molecule has 0 spiro atoms. The van der Waals surface area contributed by atoms with Crippen molar-refractivity contribution in [1.29, 1.82) is 5.26 Å². The lowest BCUT2D eigenvalue weighted by atomic mass is 10.3. The van der Waals surface area contributed by atoms with Gasteiger partial charge in [0.25, 0.3) is 5.88 Å². The standard InChI is InChI=1S/C9H7N5O/c1-14-6-8(5-12-14)15-9-7(4-10)2-3-11-13-9/h2-3,5-6H,1H3. The van der Waals surface area contributed by atoms with E-state index in [2.05, 4.69) is 15.3 Å². The Morgan fingerprint density at radius 2 is 2.40 bits per heavy atom. The van der Waals surface area contributed by atoms with E-state index in [1.165, 1.54) is 12.4 Å². The van der Waals surface area contributed by atoms with E-state index in [-0.39, 0.29) is 5.88 Å². The molecule has 15 heavy (non-hydrogen) atoms. The highest BCUT2D eigenvalue weighted by Crippen LogP contribution is 2.20. The summed E-state index contributed by atoms with van der Waals surface area (Å²) in [6.45, 7) is 0. The average molecular weight is 201 g/mol. The number of aromatic nitrogens is 4. The summed E-state index contributed by atoms with van der Waals surface area (Å²) < 4.78 is 6.94. The third-order valence-electron chi connectivity index (χ3n) is 1.70. The molecule has 0 radical (unpaired) electrons. The maximum absolute atomic E-state index is 8.78. The van der Waals surface area contributed by atoms with E-state index in [1.807, 2.05) is 6.07 Å². The smallest absolute Gasteiger partial charge is 0.257 e. The van der Waals surface area contributed by atoms with Crippen LogP contribution in [0, 0.1) is 11.3 Å². The molecular formula is C9H7N5O. The minimum atomic E-state index is 0.188. The van der Waals surface area contributed by atoms with Crippen LogP contribution in [0.15, 0.2) is 24.7 Å².